The van der Waals surface area contributed by atoms with E-state index in [9.17, 15) is 17.6 Å². The molecule has 2 aliphatic rings. The van der Waals surface area contributed by atoms with E-state index in [-0.39, 0.29) is 29.4 Å². The van der Waals surface area contributed by atoms with Gasteiger partial charge in [-0.1, -0.05) is 5.16 Å². The second-order valence-electron chi connectivity index (χ2n) is 9.75. The number of alkyl halides is 3. The second-order valence-corrected chi connectivity index (χ2v) is 9.75. The summed E-state index contributed by atoms with van der Waals surface area (Å²) in [7, 11) is 0. The van der Waals surface area contributed by atoms with Crippen LogP contribution in [0.5, 0.6) is 11.8 Å². The number of anilines is 2. The quantitative estimate of drug-likeness (QED) is 0.457. The zero-order valence-electron chi connectivity index (χ0n) is 20.3. The summed E-state index contributed by atoms with van der Waals surface area (Å²) in [5.41, 5.74) is -1.56. The lowest BCUT2D eigenvalue weighted by Gasteiger charge is -2.37. The molecule has 1 aliphatic heterocycles. The highest BCUT2D eigenvalue weighted by molar-refractivity contribution is 5.39. The molecule has 3 heterocycles. The molecular weight excluding hydrogens is 482 g/mol. The number of benzene rings is 1. The number of ether oxygens (including phenoxy) is 1. The van der Waals surface area contributed by atoms with Crippen LogP contribution in [0.1, 0.15) is 49.7 Å². The number of hydrogen-bond donors (Lipinski definition) is 1. The largest absolute Gasteiger partial charge is 0.424 e. The molecule has 2 fully saturated rings. The van der Waals surface area contributed by atoms with E-state index in [1.807, 2.05) is 13.8 Å². The maximum absolute atomic E-state index is 14.1. The number of hydrogen-bond acceptors (Lipinski definition) is 8. The minimum atomic E-state index is -4.85. The van der Waals surface area contributed by atoms with Crippen molar-refractivity contribution in [3.63, 3.8) is 0 Å². The molecule has 9 nitrogen and oxygen atoms in total. The van der Waals surface area contributed by atoms with Crippen LogP contribution < -0.4 is 15.0 Å². The Morgan fingerprint density at radius 3 is 2.39 bits per heavy atom. The van der Waals surface area contributed by atoms with Crippen LogP contribution in [-0.2, 0) is 6.18 Å². The Kier molecular flexibility index (Phi) is 6.03. The molecule has 13 heteroatoms. The molecule has 1 saturated carbocycles. The topological polar surface area (TPSA) is 94.1 Å². The van der Waals surface area contributed by atoms with E-state index < -0.39 is 17.6 Å². The number of rotatable bonds is 6. The van der Waals surface area contributed by atoms with Crippen molar-refractivity contribution in [1.29, 1.82) is 0 Å². The van der Waals surface area contributed by atoms with Crippen LogP contribution in [0.4, 0.5) is 29.5 Å². The van der Waals surface area contributed by atoms with Gasteiger partial charge in [-0.3, -0.25) is 0 Å². The van der Waals surface area contributed by atoms with Gasteiger partial charge in [0.2, 0.25) is 5.95 Å². The molecule has 5 rings (SSSR count). The Labute approximate surface area is 204 Å². The number of piperidine rings is 1. The predicted molar refractivity (Wildman–Crippen MR) is 121 cm³/mol. The molecule has 1 N–H and O–H groups in total. The first kappa shape index (κ1) is 24.3. The summed E-state index contributed by atoms with van der Waals surface area (Å²) in [6.07, 6.45) is -2.80. The lowest BCUT2D eigenvalue weighted by atomic mass is 9.92. The highest BCUT2D eigenvalue weighted by Gasteiger charge is 2.44. The summed E-state index contributed by atoms with van der Waals surface area (Å²) in [6, 6.07) is 2.35. The first-order chi connectivity index (χ1) is 17.0. The van der Waals surface area contributed by atoms with Gasteiger partial charge in [0.05, 0.1) is 11.6 Å². The average molecular weight is 510 g/mol. The van der Waals surface area contributed by atoms with Gasteiger partial charge in [0, 0.05) is 19.1 Å². The fourth-order valence-electron chi connectivity index (χ4n) is 5.06. The number of nitrogens with zero attached hydrogens (tertiary/aromatic N) is 6. The molecule has 3 atom stereocenters. The molecule has 1 aliphatic carbocycles. The van der Waals surface area contributed by atoms with Gasteiger partial charge in [0.25, 0.3) is 0 Å². The fraction of sp³-hybridized carbons (Fsp3) is 0.565. The molecular formula is C23H27F4N7O2. The Balaban J connectivity index is 1.36. The zero-order chi connectivity index (χ0) is 25.8. The lowest BCUT2D eigenvalue weighted by Crippen LogP contribution is -2.48. The van der Waals surface area contributed by atoms with Gasteiger partial charge in [0.15, 0.2) is 5.82 Å². The van der Waals surface area contributed by atoms with E-state index in [1.54, 1.807) is 6.92 Å². The van der Waals surface area contributed by atoms with E-state index in [0.717, 1.165) is 25.9 Å². The van der Waals surface area contributed by atoms with Crippen LogP contribution in [0.3, 0.4) is 0 Å². The van der Waals surface area contributed by atoms with Crippen molar-refractivity contribution in [2.45, 2.75) is 58.8 Å². The Morgan fingerprint density at radius 2 is 1.81 bits per heavy atom. The van der Waals surface area contributed by atoms with Gasteiger partial charge in [0.1, 0.15) is 11.6 Å². The molecule has 1 saturated heterocycles. The smallest absolute Gasteiger partial charge is 0.419 e. The molecule has 0 unspecified atom stereocenters. The highest BCUT2D eigenvalue weighted by Crippen LogP contribution is 2.40. The van der Waals surface area contributed by atoms with Crippen molar-refractivity contribution in [1.82, 2.24) is 24.9 Å². The van der Waals surface area contributed by atoms with Crippen molar-refractivity contribution in [2.24, 2.45) is 11.8 Å². The SMILES string of the molecule is Cc1noc(N2C[C@H]3CC[C@@H](C2)[C@H]3Nc2nc(Oc3cc(C)c(F)c(C(F)(F)F)c3)n(C(C)C)n2)n1. The predicted octanol–water partition coefficient (Wildman–Crippen LogP) is 5.14. The third-order valence-corrected chi connectivity index (χ3v) is 6.75. The molecule has 36 heavy (non-hydrogen) atoms. The minimum Gasteiger partial charge on any atom is -0.424 e. The van der Waals surface area contributed by atoms with Gasteiger partial charge in [-0.15, -0.1) is 5.10 Å². The van der Waals surface area contributed by atoms with Crippen LogP contribution in [0.2, 0.25) is 0 Å². The molecule has 0 spiro atoms. The van der Waals surface area contributed by atoms with E-state index in [0.29, 0.717) is 35.7 Å². The Morgan fingerprint density at radius 1 is 1.11 bits per heavy atom. The third kappa shape index (κ3) is 4.58. The van der Waals surface area contributed by atoms with Gasteiger partial charge in [-0.2, -0.15) is 23.1 Å². The second kappa shape index (κ2) is 8.93. The Hall–Kier alpha value is -3.38. The van der Waals surface area contributed by atoms with Gasteiger partial charge in [-0.05, 0) is 70.1 Å². The monoisotopic (exact) mass is 509 g/mol. The van der Waals surface area contributed by atoms with Crippen LogP contribution in [0, 0.1) is 31.5 Å². The molecule has 0 radical (unpaired) electrons. The maximum Gasteiger partial charge on any atom is 0.419 e. The third-order valence-electron chi connectivity index (χ3n) is 6.75. The van der Waals surface area contributed by atoms with E-state index >= 15 is 0 Å². The average Bonchev–Trinajstić information content (AvgIpc) is 3.46. The van der Waals surface area contributed by atoms with Crippen molar-refractivity contribution < 1.29 is 26.8 Å². The van der Waals surface area contributed by atoms with Crippen molar-refractivity contribution >= 4 is 12.0 Å². The van der Waals surface area contributed by atoms with Crippen molar-refractivity contribution in [3.8, 4) is 11.8 Å². The van der Waals surface area contributed by atoms with E-state index in [2.05, 4.69) is 30.4 Å². The summed E-state index contributed by atoms with van der Waals surface area (Å²) in [6.45, 7) is 8.25. The zero-order valence-corrected chi connectivity index (χ0v) is 20.3. The fourth-order valence-corrected chi connectivity index (χ4v) is 5.06. The standard InChI is InChI=1S/C23H27F4N7O2/c1-11(2)34-22(35-16-7-12(3)18(24)17(8-16)23(25,26)27)30-20(31-34)29-19-14-5-6-15(19)10-33(9-14)21-28-13(4)32-36-21/h7-8,11,14-15,19H,5-6,9-10H2,1-4H3,(H,29,31)/t14-,15+,19+. The van der Waals surface area contributed by atoms with Crippen LogP contribution >= 0.6 is 0 Å². The number of nitrogens with one attached hydrogen (secondary N) is 1. The van der Waals surface area contributed by atoms with Crippen LogP contribution in [0.15, 0.2) is 16.7 Å². The summed E-state index contributed by atoms with van der Waals surface area (Å²) in [4.78, 5) is 10.9. The molecule has 0 amide bonds. The maximum atomic E-state index is 14.1. The highest BCUT2D eigenvalue weighted by atomic mass is 19.4. The molecule has 2 aromatic heterocycles. The van der Waals surface area contributed by atoms with E-state index in [1.165, 1.54) is 17.7 Å². The van der Waals surface area contributed by atoms with Crippen molar-refractivity contribution in [2.75, 3.05) is 23.3 Å². The van der Waals surface area contributed by atoms with Gasteiger partial charge < -0.3 is 19.5 Å². The number of fused-ring (bicyclic) bond motifs is 2. The van der Waals surface area contributed by atoms with Gasteiger partial charge >= 0.3 is 18.2 Å². The number of halogens is 4. The lowest BCUT2D eigenvalue weighted by molar-refractivity contribution is -0.140. The normalized spacial score (nSPS) is 21.9. The first-order valence-electron chi connectivity index (χ1n) is 11.8. The summed E-state index contributed by atoms with van der Waals surface area (Å²) in [5, 5.41) is 11.8. The first-order valence-corrected chi connectivity index (χ1v) is 11.8. The summed E-state index contributed by atoms with van der Waals surface area (Å²) in [5.74, 6) is 0.0518. The molecule has 2 bridgehead atoms. The minimum absolute atomic E-state index is 0.0257. The Bertz CT molecular complexity index is 1240. The number of aromatic nitrogens is 5. The van der Waals surface area contributed by atoms with Crippen LogP contribution in [-0.4, -0.2) is 44.0 Å². The number of aryl methyl sites for hydroxylation is 2. The molecule has 1 aromatic carbocycles. The van der Waals surface area contributed by atoms with E-state index in [4.69, 9.17) is 9.26 Å². The van der Waals surface area contributed by atoms with Crippen molar-refractivity contribution in [3.05, 3.63) is 34.9 Å². The summed E-state index contributed by atoms with van der Waals surface area (Å²) < 4.78 is 66.4. The van der Waals surface area contributed by atoms with Gasteiger partial charge in [-0.25, -0.2) is 9.07 Å². The summed E-state index contributed by atoms with van der Waals surface area (Å²) >= 11 is 0. The van der Waals surface area contributed by atoms with Crippen LogP contribution in [0.25, 0.3) is 0 Å². The molecule has 3 aromatic rings. The molecule has 194 valence electrons.